The summed E-state index contributed by atoms with van der Waals surface area (Å²) in [6, 6.07) is 6.14. The average molecular weight is 183 g/mol. The van der Waals surface area contributed by atoms with Crippen LogP contribution in [0.1, 0.15) is 5.56 Å². The smallest absolute Gasteiger partial charge is 0.387 e. The summed E-state index contributed by atoms with van der Waals surface area (Å²) in [5, 5.41) is 0. The van der Waals surface area contributed by atoms with Gasteiger partial charge in [-0.25, -0.2) is 6.57 Å². The van der Waals surface area contributed by atoms with Crippen LogP contribution < -0.4 is 4.74 Å². The molecule has 0 aromatic heterocycles. The van der Waals surface area contributed by atoms with Crippen LogP contribution in [0.4, 0.5) is 8.78 Å². The molecule has 4 heteroatoms. The molecule has 1 aromatic rings. The van der Waals surface area contributed by atoms with Crippen LogP contribution in [0.3, 0.4) is 0 Å². The van der Waals surface area contributed by atoms with Crippen molar-refractivity contribution in [1.29, 1.82) is 0 Å². The summed E-state index contributed by atoms with van der Waals surface area (Å²) in [5.41, 5.74) is 0.674. The van der Waals surface area contributed by atoms with Crippen LogP contribution in [0.2, 0.25) is 0 Å². The lowest BCUT2D eigenvalue weighted by atomic mass is 10.2. The summed E-state index contributed by atoms with van der Waals surface area (Å²) in [6.07, 6.45) is 0. The zero-order valence-corrected chi connectivity index (χ0v) is 6.71. The Hall–Kier alpha value is -1.63. The first kappa shape index (κ1) is 9.46. The van der Waals surface area contributed by atoms with Crippen molar-refractivity contribution in [3.8, 4) is 5.75 Å². The summed E-state index contributed by atoms with van der Waals surface area (Å²) in [7, 11) is 0. The molecule has 2 nitrogen and oxygen atoms in total. The van der Waals surface area contributed by atoms with Gasteiger partial charge in [-0.3, -0.25) is 0 Å². The van der Waals surface area contributed by atoms with Crippen LogP contribution in [0, 0.1) is 6.57 Å². The van der Waals surface area contributed by atoms with Gasteiger partial charge in [0.15, 0.2) is 0 Å². The van der Waals surface area contributed by atoms with E-state index in [4.69, 9.17) is 6.57 Å². The van der Waals surface area contributed by atoms with Gasteiger partial charge in [-0.05, 0) is 12.1 Å². The van der Waals surface area contributed by atoms with E-state index in [2.05, 4.69) is 9.58 Å². The number of benzene rings is 1. The Balaban J connectivity index is 2.74. The SMILES string of the molecule is [C-]#[N+]Cc1cccc(OC(F)F)c1. The van der Waals surface area contributed by atoms with E-state index in [9.17, 15) is 8.78 Å². The molecule has 0 radical (unpaired) electrons. The van der Waals surface area contributed by atoms with E-state index in [1.807, 2.05) is 0 Å². The highest BCUT2D eigenvalue weighted by Gasteiger charge is 2.04. The summed E-state index contributed by atoms with van der Waals surface area (Å²) >= 11 is 0. The van der Waals surface area contributed by atoms with Crippen molar-refractivity contribution in [1.82, 2.24) is 0 Å². The number of nitrogens with zero attached hydrogens (tertiary/aromatic N) is 1. The number of alkyl halides is 2. The van der Waals surface area contributed by atoms with Gasteiger partial charge < -0.3 is 9.58 Å². The maximum absolute atomic E-state index is 11.8. The van der Waals surface area contributed by atoms with Gasteiger partial charge in [-0.1, -0.05) is 12.1 Å². The third kappa shape index (κ3) is 3.08. The second kappa shape index (κ2) is 4.41. The molecule has 0 atom stereocenters. The number of hydrogen-bond donors (Lipinski definition) is 0. The number of ether oxygens (including phenoxy) is 1. The normalized spacial score (nSPS) is 9.69. The molecule has 68 valence electrons. The molecular weight excluding hydrogens is 176 g/mol. The predicted octanol–water partition coefficient (Wildman–Crippen LogP) is 2.71. The average Bonchev–Trinajstić information content (AvgIpc) is 2.04. The molecule has 0 aliphatic rings. The molecule has 0 heterocycles. The Morgan fingerprint density at radius 2 is 2.23 bits per heavy atom. The monoisotopic (exact) mass is 183 g/mol. The summed E-state index contributed by atoms with van der Waals surface area (Å²) < 4.78 is 27.7. The third-order valence-corrected chi connectivity index (χ3v) is 1.39. The van der Waals surface area contributed by atoms with E-state index in [1.165, 1.54) is 12.1 Å². The fourth-order valence-electron chi connectivity index (χ4n) is 0.911. The van der Waals surface area contributed by atoms with Crippen LogP contribution in [0.5, 0.6) is 5.75 Å². The van der Waals surface area contributed by atoms with Gasteiger partial charge >= 0.3 is 6.61 Å². The van der Waals surface area contributed by atoms with E-state index in [-0.39, 0.29) is 12.3 Å². The molecule has 0 aliphatic heterocycles. The molecule has 0 fully saturated rings. The van der Waals surface area contributed by atoms with E-state index < -0.39 is 6.61 Å². The van der Waals surface area contributed by atoms with Crippen LogP contribution in [0.25, 0.3) is 4.85 Å². The fraction of sp³-hybridized carbons (Fsp3) is 0.222. The minimum Gasteiger partial charge on any atom is -0.435 e. The molecule has 0 saturated carbocycles. The highest BCUT2D eigenvalue weighted by atomic mass is 19.3. The van der Waals surface area contributed by atoms with Crippen LogP contribution in [0.15, 0.2) is 24.3 Å². The molecule has 0 N–H and O–H groups in total. The Labute approximate surface area is 74.6 Å². The molecule has 0 unspecified atom stereocenters. The molecule has 0 amide bonds. The second-order valence-electron chi connectivity index (χ2n) is 2.34. The van der Waals surface area contributed by atoms with E-state index in [0.29, 0.717) is 5.56 Å². The van der Waals surface area contributed by atoms with Gasteiger partial charge in [0.25, 0.3) is 0 Å². The largest absolute Gasteiger partial charge is 0.435 e. The van der Waals surface area contributed by atoms with Crippen molar-refractivity contribution in [3.63, 3.8) is 0 Å². The topological polar surface area (TPSA) is 13.6 Å². The highest BCUT2D eigenvalue weighted by Crippen LogP contribution is 2.16. The highest BCUT2D eigenvalue weighted by molar-refractivity contribution is 5.29. The van der Waals surface area contributed by atoms with E-state index in [0.717, 1.165) is 0 Å². The van der Waals surface area contributed by atoms with Crippen LogP contribution >= 0.6 is 0 Å². The molecule has 1 rings (SSSR count). The Morgan fingerprint density at radius 3 is 2.85 bits per heavy atom. The maximum Gasteiger partial charge on any atom is 0.387 e. The van der Waals surface area contributed by atoms with Crippen molar-refractivity contribution in [2.24, 2.45) is 0 Å². The first-order valence-corrected chi connectivity index (χ1v) is 3.59. The van der Waals surface area contributed by atoms with Crippen LogP contribution in [-0.4, -0.2) is 6.61 Å². The lowest BCUT2D eigenvalue weighted by Gasteiger charge is -2.03. The fourth-order valence-corrected chi connectivity index (χ4v) is 0.911. The van der Waals surface area contributed by atoms with Crippen LogP contribution in [-0.2, 0) is 6.54 Å². The summed E-state index contributed by atoms with van der Waals surface area (Å²) in [6.45, 7) is 3.95. The lowest BCUT2D eigenvalue weighted by Crippen LogP contribution is -2.01. The maximum atomic E-state index is 11.8. The minimum atomic E-state index is -2.82. The zero-order chi connectivity index (χ0) is 9.68. The first-order chi connectivity index (χ1) is 6.22. The van der Waals surface area contributed by atoms with Gasteiger partial charge in [0.05, 0.1) is 0 Å². The minimum absolute atomic E-state index is 0.0937. The standard InChI is InChI=1S/C9H7F2NO/c1-12-6-7-3-2-4-8(5-7)13-9(10)11/h2-5,9H,6H2. The summed E-state index contributed by atoms with van der Waals surface area (Å²) in [5.74, 6) is 0.0937. The van der Waals surface area contributed by atoms with Crippen molar-refractivity contribution in [3.05, 3.63) is 41.2 Å². The molecular formula is C9H7F2NO. The molecule has 0 bridgehead atoms. The number of halogens is 2. The van der Waals surface area contributed by atoms with Crippen molar-refractivity contribution in [2.45, 2.75) is 13.2 Å². The van der Waals surface area contributed by atoms with Gasteiger partial charge in [0.2, 0.25) is 6.54 Å². The molecule has 1 aromatic carbocycles. The van der Waals surface area contributed by atoms with Gasteiger partial charge in [-0.15, -0.1) is 0 Å². The van der Waals surface area contributed by atoms with Crippen molar-refractivity contribution in [2.75, 3.05) is 0 Å². The van der Waals surface area contributed by atoms with E-state index >= 15 is 0 Å². The molecule has 0 saturated heterocycles. The zero-order valence-electron chi connectivity index (χ0n) is 6.71. The van der Waals surface area contributed by atoms with Crippen molar-refractivity contribution < 1.29 is 13.5 Å². The van der Waals surface area contributed by atoms with Crippen molar-refractivity contribution >= 4 is 0 Å². The molecule has 0 aliphatic carbocycles. The quantitative estimate of drug-likeness (QED) is 0.657. The molecule has 0 spiro atoms. The second-order valence-corrected chi connectivity index (χ2v) is 2.34. The predicted molar refractivity (Wildman–Crippen MR) is 43.4 cm³/mol. The first-order valence-electron chi connectivity index (χ1n) is 3.59. The Bertz CT molecular complexity index is 320. The molecule has 13 heavy (non-hydrogen) atoms. The Kier molecular flexibility index (Phi) is 3.21. The summed E-state index contributed by atoms with van der Waals surface area (Å²) in [4.78, 5) is 3.13. The third-order valence-electron chi connectivity index (χ3n) is 1.39. The lowest BCUT2D eigenvalue weighted by molar-refractivity contribution is -0.0498. The van der Waals surface area contributed by atoms with Gasteiger partial charge in [-0.2, -0.15) is 8.78 Å². The Morgan fingerprint density at radius 1 is 1.46 bits per heavy atom. The number of hydrogen-bond acceptors (Lipinski definition) is 1. The number of rotatable bonds is 3. The van der Waals surface area contributed by atoms with Gasteiger partial charge in [0, 0.05) is 5.56 Å². The van der Waals surface area contributed by atoms with Gasteiger partial charge in [0.1, 0.15) is 5.75 Å². The van der Waals surface area contributed by atoms with E-state index in [1.54, 1.807) is 12.1 Å².